The van der Waals surface area contributed by atoms with Crippen molar-refractivity contribution < 1.29 is 14.9 Å². The summed E-state index contributed by atoms with van der Waals surface area (Å²) in [6.07, 6.45) is 0. The number of benzene rings is 2. The number of aliphatic hydroxyl groups excluding tert-OH is 1. The van der Waals surface area contributed by atoms with E-state index >= 15 is 0 Å². The van der Waals surface area contributed by atoms with Gasteiger partial charge in [-0.1, -0.05) is 23.7 Å². The highest BCUT2D eigenvalue weighted by molar-refractivity contribution is 6.31. The number of hydrogen-bond donors (Lipinski definition) is 3. The van der Waals surface area contributed by atoms with Gasteiger partial charge in [-0.3, -0.25) is 10.1 Å². The van der Waals surface area contributed by atoms with E-state index in [1.54, 1.807) is 7.05 Å². The van der Waals surface area contributed by atoms with Crippen LogP contribution in [0.4, 0.5) is 5.69 Å². The molecule has 0 aliphatic carbocycles. The van der Waals surface area contributed by atoms with Gasteiger partial charge < -0.3 is 15.0 Å². The molecular weight excluding hydrogens is 382 g/mol. The topological polar surface area (TPSA) is 120 Å². The predicted octanol–water partition coefficient (Wildman–Crippen LogP) is 2.63. The molecule has 0 spiro atoms. The second-order valence-corrected chi connectivity index (χ2v) is 6.79. The van der Waals surface area contributed by atoms with Crippen LogP contribution in [-0.4, -0.2) is 33.6 Å². The summed E-state index contributed by atoms with van der Waals surface area (Å²) in [5.41, 5.74) is 2.06. The molecule has 3 aromatic rings. The molecule has 0 radical (unpaired) electrons. The molecule has 9 heteroatoms. The van der Waals surface area contributed by atoms with E-state index < -0.39 is 4.92 Å². The molecule has 142 valence electrons. The van der Waals surface area contributed by atoms with Gasteiger partial charge in [-0.05, 0) is 18.2 Å². The second-order valence-electron chi connectivity index (χ2n) is 6.38. The summed E-state index contributed by atoms with van der Waals surface area (Å²) in [6.45, 7) is 0.461. The van der Waals surface area contributed by atoms with Crippen LogP contribution in [0.15, 0.2) is 48.2 Å². The predicted molar refractivity (Wildman–Crippen MR) is 105 cm³/mol. The largest absolute Gasteiger partial charge is 0.506 e. The number of hydrogen-bond acceptors (Lipinski definition) is 5. The average Bonchev–Trinajstić information content (AvgIpc) is 3.07. The summed E-state index contributed by atoms with van der Waals surface area (Å²) in [4.78, 5) is 18.6. The van der Waals surface area contributed by atoms with Crippen LogP contribution in [0.3, 0.4) is 0 Å². The third kappa shape index (κ3) is 4.11. The number of quaternary nitrogens is 1. The van der Waals surface area contributed by atoms with E-state index in [4.69, 9.17) is 11.6 Å². The first kappa shape index (κ1) is 19.4. The van der Waals surface area contributed by atoms with Crippen LogP contribution in [0.1, 0.15) is 11.4 Å². The Morgan fingerprint density at radius 2 is 2.14 bits per heavy atom. The molecule has 0 saturated carbocycles. The van der Waals surface area contributed by atoms with Crippen molar-refractivity contribution in [3.8, 4) is 6.07 Å². The highest BCUT2D eigenvalue weighted by Crippen LogP contribution is 2.21. The number of fused-ring (bicyclic) bond motifs is 1. The number of nitrogens with zero attached hydrogens (tertiary/aromatic N) is 3. The van der Waals surface area contributed by atoms with E-state index in [9.17, 15) is 20.5 Å². The second kappa shape index (κ2) is 8.08. The molecule has 0 amide bonds. The zero-order valence-corrected chi connectivity index (χ0v) is 15.7. The van der Waals surface area contributed by atoms with E-state index in [0.717, 1.165) is 10.4 Å². The molecule has 28 heavy (non-hydrogen) atoms. The van der Waals surface area contributed by atoms with Gasteiger partial charge in [-0.2, -0.15) is 5.26 Å². The van der Waals surface area contributed by atoms with Crippen LogP contribution >= 0.6 is 11.6 Å². The van der Waals surface area contributed by atoms with E-state index in [2.05, 4.69) is 9.97 Å². The van der Waals surface area contributed by atoms with Gasteiger partial charge in [-0.25, -0.2) is 4.98 Å². The Bertz CT molecular complexity index is 1080. The SMILES string of the molecule is C[NH+](C/C(O)=C(\C#N)c1nc2ccccc2[nH]1)Cc1cc([N+](=O)[O-])ccc1Cl. The molecule has 1 heterocycles. The number of allylic oxidation sites excluding steroid dienone is 1. The van der Waals surface area contributed by atoms with Crippen LogP contribution < -0.4 is 4.90 Å². The fourth-order valence-corrected chi connectivity index (χ4v) is 3.08. The van der Waals surface area contributed by atoms with Crippen molar-refractivity contribution in [2.24, 2.45) is 0 Å². The summed E-state index contributed by atoms with van der Waals surface area (Å²) in [6, 6.07) is 13.6. The number of rotatable bonds is 6. The zero-order chi connectivity index (χ0) is 20.3. The van der Waals surface area contributed by atoms with Gasteiger partial charge >= 0.3 is 0 Å². The number of para-hydroxylation sites is 2. The number of nitrogens with one attached hydrogen (secondary N) is 2. The van der Waals surface area contributed by atoms with Gasteiger partial charge in [0.05, 0.1) is 23.0 Å². The lowest BCUT2D eigenvalue weighted by Gasteiger charge is -2.15. The maximum Gasteiger partial charge on any atom is 0.270 e. The summed E-state index contributed by atoms with van der Waals surface area (Å²) >= 11 is 6.13. The highest BCUT2D eigenvalue weighted by Gasteiger charge is 2.18. The highest BCUT2D eigenvalue weighted by atomic mass is 35.5. The average molecular weight is 399 g/mol. The number of H-pyrrole nitrogens is 1. The zero-order valence-electron chi connectivity index (χ0n) is 14.9. The normalized spacial score (nSPS) is 13.0. The lowest BCUT2D eigenvalue weighted by atomic mass is 10.1. The van der Waals surface area contributed by atoms with E-state index in [0.29, 0.717) is 28.5 Å². The third-order valence-electron chi connectivity index (χ3n) is 4.23. The molecule has 2 aromatic carbocycles. The Morgan fingerprint density at radius 1 is 1.39 bits per heavy atom. The van der Waals surface area contributed by atoms with Crippen LogP contribution in [-0.2, 0) is 6.54 Å². The van der Waals surface area contributed by atoms with E-state index in [1.165, 1.54) is 18.2 Å². The number of nitro groups is 1. The Morgan fingerprint density at radius 3 is 2.82 bits per heavy atom. The molecule has 1 unspecified atom stereocenters. The molecule has 3 rings (SSSR count). The summed E-state index contributed by atoms with van der Waals surface area (Å²) in [5.74, 6) is 0.169. The molecule has 0 aliphatic heterocycles. The lowest BCUT2D eigenvalue weighted by molar-refractivity contribution is -0.890. The summed E-state index contributed by atoms with van der Waals surface area (Å²) in [7, 11) is 1.79. The first-order valence-electron chi connectivity index (χ1n) is 8.40. The number of likely N-dealkylation sites (N-methyl/N-ethyl adjacent to an activating group) is 1. The molecule has 0 bridgehead atoms. The Kier molecular flexibility index (Phi) is 5.59. The van der Waals surface area contributed by atoms with E-state index in [1.807, 2.05) is 30.3 Å². The molecule has 0 aliphatic rings. The van der Waals surface area contributed by atoms with Gasteiger partial charge in [0.1, 0.15) is 24.7 Å². The minimum absolute atomic E-state index is 0.0491. The smallest absolute Gasteiger partial charge is 0.270 e. The van der Waals surface area contributed by atoms with Crippen LogP contribution in [0, 0.1) is 21.4 Å². The third-order valence-corrected chi connectivity index (χ3v) is 4.60. The van der Waals surface area contributed by atoms with Crippen molar-refractivity contribution in [3.63, 3.8) is 0 Å². The van der Waals surface area contributed by atoms with Crippen molar-refractivity contribution in [2.45, 2.75) is 6.54 Å². The monoisotopic (exact) mass is 398 g/mol. The maximum atomic E-state index is 10.9. The maximum absolute atomic E-state index is 10.9. The molecule has 1 atom stereocenters. The standard InChI is InChI=1S/C19H16ClN5O3/c1-24(10-12-8-13(25(27)28)6-7-15(12)20)11-18(26)14(9-21)19-22-16-4-2-3-5-17(16)23-19/h2-8,26H,10-11H2,1H3,(H,22,23)/p+1/b18-14-. The van der Waals surface area contributed by atoms with Crippen LogP contribution in [0.2, 0.25) is 5.02 Å². The van der Waals surface area contributed by atoms with E-state index in [-0.39, 0.29) is 23.6 Å². The molecule has 0 saturated heterocycles. The molecule has 8 nitrogen and oxygen atoms in total. The molecule has 1 aromatic heterocycles. The number of nitriles is 1. The minimum atomic E-state index is -0.484. The van der Waals surface area contributed by atoms with Crippen molar-refractivity contribution in [1.82, 2.24) is 9.97 Å². The summed E-state index contributed by atoms with van der Waals surface area (Å²) in [5, 5.41) is 31.3. The van der Waals surface area contributed by atoms with Crippen LogP contribution in [0.5, 0.6) is 0 Å². The quantitative estimate of drug-likeness (QED) is 0.255. The van der Waals surface area contributed by atoms with Crippen molar-refractivity contribution in [1.29, 1.82) is 5.26 Å². The Hall–Kier alpha value is -3.41. The fourth-order valence-electron chi connectivity index (χ4n) is 2.90. The first-order chi connectivity index (χ1) is 13.4. The number of imidazole rings is 1. The Labute approximate surface area is 165 Å². The van der Waals surface area contributed by atoms with Crippen molar-refractivity contribution in [3.05, 3.63) is 74.7 Å². The number of nitro benzene ring substituents is 1. The van der Waals surface area contributed by atoms with Gasteiger partial charge in [-0.15, -0.1) is 0 Å². The van der Waals surface area contributed by atoms with Gasteiger partial charge in [0, 0.05) is 22.7 Å². The number of aromatic nitrogens is 2. The number of halogens is 1. The van der Waals surface area contributed by atoms with Crippen molar-refractivity contribution >= 4 is 33.9 Å². The van der Waals surface area contributed by atoms with Gasteiger partial charge in [0.2, 0.25) is 0 Å². The Balaban J connectivity index is 1.82. The number of aromatic amines is 1. The van der Waals surface area contributed by atoms with Crippen LogP contribution in [0.25, 0.3) is 16.6 Å². The van der Waals surface area contributed by atoms with Gasteiger partial charge in [0.15, 0.2) is 11.6 Å². The lowest BCUT2D eigenvalue weighted by Crippen LogP contribution is -3.07. The number of aliphatic hydroxyl groups is 1. The molecule has 0 fully saturated rings. The molecular formula is C19H17ClN5O3+. The summed E-state index contributed by atoms with van der Waals surface area (Å²) < 4.78 is 0. The fraction of sp³-hybridized carbons (Fsp3) is 0.158. The minimum Gasteiger partial charge on any atom is -0.506 e. The number of non-ortho nitro benzene ring substituents is 1. The molecule has 3 N–H and O–H groups in total. The van der Waals surface area contributed by atoms with Crippen molar-refractivity contribution in [2.75, 3.05) is 13.6 Å². The van der Waals surface area contributed by atoms with Gasteiger partial charge in [0.25, 0.3) is 5.69 Å². The first-order valence-corrected chi connectivity index (χ1v) is 8.78.